The van der Waals surface area contributed by atoms with Crippen molar-refractivity contribution < 1.29 is 18.0 Å². The molecule has 0 saturated heterocycles. The first-order chi connectivity index (χ1) is 8.98. The number of carbonyl (C=O) groups is 1. The van der Waals surface area contributed by atoms with E-state index in [-0.39, 0.29) is 6.04 Å². The highest BCUT2D eigenvalue weighted by atomic mass is 19.4. The highest BCUT2D eigenvalue weighted by Gasteiger charge is 2.35. The number of rotatable bonds is 3. The first kappa shape index (κ1) is 13.8. The monoisotopic (exact) mass is 273 g/mol. The van der Waals surface area contributed by atoms with E-state index in [0.717, 1.165) is 44.1 Å². The predicted octanol–water partition coefficient (Wildman–Crippen LogP) is 2.28. The van der Waals surface area contributed by atoms with Crippen LogP contribution in [0.2, 0.25) is 0 Å². The molecular weight excluding hydrogens is 259 g/mol. The van der Waals surface area contributed by atoms with Crippen LogP contribution in [0.3, 0.4) is 0 Å². The van der Waals surface area contributed by atoms with Crippen LogP contribution in [0.25, 0.3) is 0 Å². The van der Waals surface area contributed by atoms with E-state index in [1.165, 1.54) is 0 Å². The van der Waals surface area contributed by atoms with E-state index in [9.17, 15) is 18.0 Å². The predicted molar refractivity (Wildman–Crippen MR) is 62.1 cm³/mol. The van der Waals surface area contributed by atoms with Crippen LogP contribution in [0.5, 0.6) is 0 Å². The number of hydrogen-bond acceptors (Lipinski definition) is 3. The van der Waals surface area contributed by atoms with Gasteiger partial charge in [0.2, 0.25) is 0 Å². The smallest absolute Gasteiger partial charge is 0.287 e. The summed E-state index contributed by atoms with van der Waals surface area (Å²) >= 11 is 0. The van der Waals surface area contributed by atoms with Crippen molar-refractivity contribution in [3.63, 3.8) is 0 Å². The minimum Gasteiger partial charge on any atom is -0.287 e. The van der Waals surface area contributed by atoms with E-state index in [0.29, 0.717) is 0 Å². The van der Waals surface area contributed by atoms with E-state index < -0.39 is 23.2 Å². The van der Waals surface area contributed by atoms with Gasteiger partial charge in [-0.1, -0.05) is 12.8 Å². The number of pyridine rings is 1. The third-order valence-electron chi connectivity index (χ3n) is 3.12. The van der Waals surface area contributed by atoms with Gasteiger partial charge in [0, 0.05) is 18.4 Å². The van der Waals surface area contributed by atoms with Crippen LogP contribution >= 0.6 is 0 Å². The fraction of sp³-hybridized carbons (Fsp3) is 0.500. The summed E-state index contributed by atoms with van der Waals surface area (Å²) in [6.07, 6.45) is 1.34. The van der Waals surface area contributed by atoms with Crippen molar-refractivity contribution in [3.8, 4) is 0 Å². The molecule has 1 aliphatic carbocycles. The summed E-state index contributed by atoms with van der Waals surface area (Å²) in [6, 6.07) is 0.930. The number of alkyl halides is 3. The maximum atomic E-state index is 12.7. The van der Waals surface area contributed by atoms with E-state index in [4.69, 9.17) is 0 Å². The average Bonchev–Trinajstić information content (AvgIpc) is 2.88. The van der Waals surface area contributed by atoms with Gasteiger partial charge in [-0.25, -0.2) is 5.43 Å². The number of aromatic nitrogens is 1. The van der Waals surface area contributed by atoms with Gasteiger partial charge in [-0.15, -0.1) is 0 Å². The molecule has 104 valence electrons. The lowest BCUT2D eigenvalue weighted by atomic mass is 10.1. The Morgan fingerprint density at radius 3 is 2.63 bits per heavy atom. The molecule has 0 unspecified atom stereocenters. The Hall–Kier alpha value is -1.63. The highest BCUT2D eigenvalue weighted by Crippen LogP contribution is 2.31. The van der Waals surface area contributed by atoms with Crippen molar-refractivity contribution in [2.24, 2.45) is 0 Å². The summed E-state index contributed by atoms with van der Waals surface area (Å²) in [5, 5.41) is 0. The van der Waals surface area contributed by atoms with Crippen LogP contribution in [0.15, 0.2) is 18.5 Å². The Morgan fingerprint density at radius 2 is 2.00 bits per heavy atom. The van der Waals surface area contributed by atoms with Crippen molar-refractivity contribution in [1.29, 1.82) is 0 Å². The van der Waals surface area contributed by atoms with Gasteiger partial charge >= 0.3 is 6.18 Å². The molecule has 19 heavy (non-hydrogen) atoms. The number of carbonyl (C=O) groups excluding carboxylic acids is 1. The number of hydrogen-bond donors (Lipinski definition) is 2. The third-order valence-corrected chi connectivity index (χ3v) is 3.12. The van der Waals surface area contributed by atoms with Crippen LogP contribution < -0.4 is 10.9 Å². The molecule has 1 heterocycles. The summed E-state index contributed by atoms with van der Waals surface area (Å²) in [7, 11) is 0. The molecule has 2 rings (SSSR count). The number of amides is 1. The molecule has 1 aromatic rings. The lowest BCUT2D eigenvalue weighted by molar-refractivity contribution is -0.138. The summed E-state index contributed by atoms with van der Waals surface area (Å²) < 4.78 is 38.2. The molecular formula is C12H14F3N3O. The molecule has 0 bridgehead atoms. The zero-order chi connectivity index (χ0) is 13.9. The lowest BCUT2D eigenvalue weighted by Crippen LogP contribution is -2.43. The van der Waals surface area contributed by atoms with Gasteiger partial charge in [0.25, 0.3) is 5.91 Å². The van der Waals surface area contributed by atoms with Crippen LogP contribution in [-0.4, -0.2) is 16.9 Å². The van der Waals surface area contributed by atoms with Crippen LogP contribution in [0, 0.1) is 0 Å². The number of nitrogens with one attached hydrogen (secondary N) is 2. The van der Waals surface area contributed by atoms with Crippen molar-refractivity contribution in [1.82, 2.24) is 15.8 Å². The van der Waals surface area contributed by atoms with Crippen molar-refractivity contribution >= 4 is 5.91 Å². The van der Waals surface area contributed by atoms with Crippen LogP contribution in [-0.2, 0) is 6.18 Å². The van der Waals surface area contributed by atoms with Gasteiger partial charge in [0.15, 0.2) is 0 Å². The first-order valence-corrected chi connectivity index (χ1v) is 6.05. The van der Waals surface area contributed by atoms with Crippen LogP contribution in [0.1, 0.15) is 41.6 Å². The molecule has 4 nitrogen and oxygen atoms in total. The molecule has 7 heteroatoms. The fourth-order valence-corrected chi connectivity index (χ4v) is 2.13. The van der Waals surface area contributed by atoms with Gasteiger partial charge < -0.3 is 0 Å². The summed E-state index contributed by atoms with van der Waals surface area (Å²) in [6.45, 7) is 0. The fourth-order valence-electron chi connectivity index (χ4n) is 2.13. The number of hydrazine groups is 1. The Kier molecular flexibility index (Phi) is 4.04. The Bertz CT molecular complexity index is 456. The van der Waals surface area contributed by atoms with Gasteiger partial charge in [0.05, 0.1) is 11.1 Å². The molecule has 1 fully saturated rings. The summed E-state index contributed by atoms with van der Waals surface area (Å²) in [5.74, 6) is -0.813. The molecule has 0 spiro atoms. The topological polar surface area (TPSA) is 54.0 Å². The van der Waals surface area contributed by atoms with Crippen molar-refractivity contribution in [2.75, 3.05) is 0 Å². The zero-order valence-corrected chi connectivity index (χ0v) is 10.1. The molecule has 1 saturated carbocycles. The maximum Gasteiger partial charge on any atom is 0.417 e. The van der Waals surface area contributed by atoms with E-state index in [2.05, 4.69) is 15.8 Å². The normalized spacial score (nSPS) is 16.6. The molecule has 0 aromatic carbocycles. The second kappa shape index (κ2) is 5.56. The summed E-state index contributed by atoms with van der Waals surface area (Å²) in [4.78, 5) is 15.3. The molecule has 0 radical (unpaired) electrons. The third kappa shape index (κ3) is 3.44. The van der Waals surface area contributed by atoms with Gasteiger partial charge in [0.1, 0.15) is 0 Å². The second-order valence-corrected chi connectivity index (χ2v) is 4.50. The lowest BCUT2D eigenvalue weighted by Gasteiger charge is -2.15. The molecule has 1 aliphatic rings. The highest BCUT2D eigenvalue weighted by molar-refractivity contribution is 5.95. The van der Waals surface area contributed by atoms with E-state index in [1.54, 1.807) is 0 Å². The zero-order valence-electron chi connectivity index (χ0n) is 10.1. The maximum absolute atomic E-state index is 12.7. The van der Waals surface area contributed by atoms with Crippen molar-refractivity contribution in [3.05, 3.63) is 29.6 Å². The molecule has 1 aromatic heterocycles. The minimum atomic E-state index is -4.57. The minimum absolute atomic E-state index is 0.134. The first-order valence-electron chi connectivity index (χ1n) is 6.05. The Balaban J connectivity index is 2.06. The molecule has 0 atom stereocenters. The summed E-state index contributed by atoms with van der Waals surface area (Å²) in [5.41, 5.74) is 3.64. The standard InChI is InChI=1S/C12H14F3N3O/c13-12(14,15)10-5-6-16-7-9(10)11(19)18-17-8-3-1-2-4-8/h5-8,17H,1-4H2,(H,18,19). The largest absolute Gasteiger partial charge is 0.417 e. The van der Waals surface area contributed by atoms with Gasteiger partial charge in [-0.2, -0.15) is 13.2 Å². The Labute approximate surface area is 108 Å². The van der Waals surface area contributed by atoms with E-state index >= 15 is 0 Å². The molecule has 0 aliphatic heterocycles. The average molecular weight is 273 g/mol. The number of halogens is 3. The Morgan fingerprint density at radius 1 is 1.32 bits per heavy atom. The number of nitrogens with zero attached hydrogens (tertiary/aromatic N) is 1. The van der Waals surface area contributed by atoms with Gasteiger partial charge in [-0.05, 0) is 18.9 Å². The second-order valence-electron chi connectivity index (χ2n) is 4.50. The van der Waals surface area contributed by atoms with E-state index in [1.807, 2.05) is 0 Å². The van der Waals surface area contributed by atoms with Gasteiger partial charge in [-0.3, -0.25) is 15.2 Å². The quantitative estimate of drug-likeness (QED) is 0.831. The molecule has 2 N–H and O–H groups in total. The van der Waals surface area contributed by atoms with Crippen LogP contribution in [0.4, 0.5) is 13.2 Å². The van der Waals surface area contributed by atoms with Crippen molar-refractivity contribution in [2.45, 2.75) is 37.9 Å². The SMILES string of the molecule is O=C(NNC1CCCC1)c1cnccc1C(F)(F)F. The molecule has 1 amide bonds.